The van der Waals surface area contributed by atoms with E-state index < -0.39 is 0 Å². The van der Waals surface area contributed by atoms with E-state index in [4.69, 9.17) is 10.8 Å². The third-order valence-corrected chi connectivity index (χ3v) is 4.45. The van der Waals surface area contributed by atoms with Gasteiger partial charge >= 0.3 is 0 Å². The van der Waals surface area contributed by atoms with Crippen molar-refractivity contribution in [2.24, 2.45) is 10.7 Å². The van der Waals surface area contributed by atoms with Crippen molar-refractivity contribution in [2.75, 3.05) is 0 Å². The Bertz CT molecular complexity index is 993. The van der Waals surface area contributed by atoms with Crippen LogP contribution in [-0.4, -0.2) is 25.8 Å². The summed E-state index contributed by atoms with van der Waals surface area (Å²) in [7, 11) is 0. The van der Waals surface area contributed by atoms with Crippen molar-refractivity contribution in [3.8, 4) is 16.9 Å². The predicted molar refractivity (Wildman–Crippen MR) is 99.0 cm³/mol. The SMILES string of the molecule is NC1=NC(=O)C(=Cc2cn(-c3ccccc3)nc2-c2ccncc2)S1. The topological polar surface area (TPSA) is 86.2 Å². The van der Waals surface area contributed by atoms with Gasteiger partial charge < -0.3 is 5.73 Å². The van der Waals surface area contributed by atoms with Crippen molar-refractivity contribution in [1.29, 1.82) is 0 Å². The second kappa shape index (κ2) is 6.37. The second-order valence-electron chi connectivity index (χ2n) is 5.31. The minimum absolute atomic E-state index is 0.261. The van der Waals surface area contributed by atoms with E-state index in [1.54, 1.807) is 23.2 Å². The van der Waals surface area contributed by atoms with Gasteiger partial charge in [0, 0.05) is 29.7 Å². The lowest BCUT2D eigenvalue weighted by Crippen LogP contribution is -2.01. The molecule has 4 rings (SSSR count). The molecule has 2 N–H and O–H groups in total. The molecular formula is C18H13N5OS. The Morgan fingerprint density at radius 2 is 1.84 bits per heavy atom. The van der Waals surface area contributed by atoms with Gasteiger partial charge in [0.2, 0.25) is 0 Å². The van der Waals surface area contributed by atoms with Crippen LogP contribution >= 0.6 is 11.8 Å². The van der Waals surface area contributed by atoms with Gasteiger partial charge in [-0.15, -0.1) is 0 Å². The molecule has 1 aliphatic heterocycles. The Balaban J connectivity index is 1.83. The number of thioether (sulfide) groups is 1. The van der Waals surface area contributed by atoms with E-state index in [1.165, 1.54) is 11.8 Å². The molecule has 1 amide bonds. The van der Waals surface area contributed by atoms with Crippen LogP contribution in [0, 0.1) is 0 Å². The van der Waals surface area contributed by atoms with Crippen molar-refractivity contribution in [3.63, 3.8) is 0 Å². The molecule has 122 valence electrons. The van der Waals surface area contributed by atoms with Crippen LogP contribution in [0.4, 0.5) is 0 Å². The molecule has 1 aromatic carbocycles. The van der Waals surface area contributed by atoms with Crippen LogP contribution in [0.5, 0.6) is 0 Å². The van der Waals surface area contributed by atoms with Crippen LogP contribution < -0.4 is 5.73 Å². The number of para-hydroxylation sites is 1. The third-order valence-electron chi connectivity index (χ3n) is 3.64. The monoisotopic (exact) mass is 347 g/mol. The van der Waals surface area contributed by atoms with Crippen LogP contribution in [-0.2, 0) is 4.79 Å². The fraction of sp³-hybridized carbons (Fsp3) is 0. The number of aliphatic imine (C=N–C) groups is 1. The molecule has 0 radical (unpaired) electrons. The molecule has 0 atom stereocenters. The van der Waals surface area contributed by atoms with Crippen LogP contribution in [0.25, 0.3) is 23.0 Å². The van der Waals surface area contributed by atoms with Crippen molar-refractivity contribution in [1.82, 2.24) is 14.8 Å². The summed E-state index contributed by atoms with van der Waals surface area (Å²) < 4.78 is 1.79. The normalized spacial score (nSPS) is 15.6. The summed E-state index contributed by atoms with van der Waals surface area (Å²) in [6.07, 6.45) is 7.09. The zero-order valence-corrected chi connectivity index (χ0v) is 13.9. The van der Waals surface area contributed by atoms with Crippen molar-refractivity contribution >= 4 is 28.9 Å². The van der Waals surface area contributed by atoms with Gasteiger partial charge in [0.15, 0.2) is 5.17 Å². The number of amides is 1. The average Bonchev–Trinajstić information content (AvgIpc) is 3.20. The highest BCUT2D eigenvalue weighted by Crippen LogP contribution is 2.30. The molecule has 0 fully saturated rings. The molecular weight excluding hydrogens is 334 g/mol. The van der Waals surface area contributed by atoms with Gasteiger partial charge in [-0.3, -0.25) is 9.78 Å². The molecule has 25 heavy (non-hydrogen) atoms. The van der Waals surface area contributed by atoms with E-state index in [1.807, 2.05) is 48.7 Å². The van der Waals surface area contributed by atoms with Crippen molar-refractivity contribution < 1.29 is 4.79 Å². The molecule has 0 unspecified atom stereocenters. The number of nitrogens with zero attached hydrogens (tertiary/aromatic N) is 4. The Hall–Kier alpha value is -3.19. The minimum atomic E-state index is -0.323. The Labute approximate surface area is 148 Å². The Kier molecular flexibility index (Phi) is 3.91. The van der Waals surface area contributed by atoms with E-state index in [0.717, 1.165) is 22.5 Å². The Morgan fingerprint density at radius 1 is 1.08 bits per heavy atom. The van der Waals surface area contributed by atoms with Crippen molar-refractivity contribution in [3.05, 3.63) is 71.5 Å². The van der Waals surface area contributed by atoms with Gasteiger partial charge in [0.05, 0.1) is 10.6 Å². The van der Waals surface area contributed by atoms with E-state index in [9.17, 15) is 4.79 Å². The first kappa shape index (κ1) is 15.3. The number of carbonyl (C=O) groups excluding carboxylic acids is 1. The molecule has 7 heteroatoms. The van der Waals surface area contributed by atoms with Gasteiger partial charge in [-0.05, 0) is 42.1 Å². The summed E-state index contributed by atoms with van der Waals surface area (Å²) >= 11 is 1.17. The van der Waals surface area contributed by atoms with Crippen LogP contribution in [0.2, 0.25) is 0 Å². The minimum Gasteiger partial charge on any atom is -0.378 e. The first-order valence-corrected chi connectivity index (χ1v) is 8.36. The maximum atomic E-state index is 11.9. The fourth-order valence-corrected chi connectivity index (χ4v) is 3.18. The number of hydrogen-bond donors (Lipinski definition) is 1. The first-order valence-electron chi connectivity index (χ1n) is 7.54. The molecule has 0 spiro atoms. The van der Waals surface area contributed by atoms with Gasteiger partial charge in [0.25, 0.3) is 5.91 Å². The molecule has 6 nitrogen and oxygen atoms in total. The second-order valence-corrected chi connectivity index (χ2v) is 6.38. The smallest absolute Gasteiger partial charge is 0.286 e. The summed E-state index contributed by atoms with van der Waals surface area (Å²) in [6.45, 7) is 0. The summed E-state index contributed by atoms with van der Waals surface area (Å²) in [5.74, 6) is -0.323. The van der Waals surface area contributed by atoms with E-state index in [0.29, 0.717) is 4.91 Å². The molecule has 0 bridgehead atoms. The fourth-order valence-electron chi connectivity index (χ4n) is 2.51. The highest BCUT2D eigenvalue weighted by Gasteiger charge is 2.21. The standard InChI is InChI=1S/C18H13N5OS/c19-18-21-17(24)15(25-18)10-13-11-23(14-4-2-1-3-5-14)22-16(13)12-6-8-20-9-7-12/h1-11H,(H2,19,21,24). The van der Waals surface area contributed by atoms with Gasteiger partial charge in [-0.2, -0.15) is 10.1 Å². The molecule has 0 aliphatic carbocycles. The first-order chi connectivity index (χ1) is 12.2. The summed E-state index contributed by atoms with van der Waals surface area (Å²) in [5, 5.41) is 4.95. The lowest BCUT2D eigenvalue weighted by molar-refractivity contribution is -0.113. The number of hydrogen-bond acceptors (Lipinski definition) is 5. The van der Waals surface area contributed by atoms with Crippen molar-refractivity contribution in [2.45, 2.75) is 0 Å². The zero-order valence-electron chi connectivity index (χ0n) is 13.0. The van der Waals surface area contributed by atoms with Crippen LogP contribution in [0.15, 0.2) is 71.0 Å². The maximum absolute atomic E-state index is 11.9. The van der Waals surface area contributed by atoms with Gasteiger partial charge in [-0.1, -0.05) is 18.2 Å². The number of nitrogens with two attached hydrogens (primary N) is 1. The quantitative estimate of drug-likeness (QED) is 0.736. The lowest BCUT2D eigenvalue weighted by atomic mass is 10.1. The highest BCUT2D eigenvalue weighted by atomic mass is 32.2. The maximum Gasteiger partial charge on any atom is 0.286 e. The number of benzene rings is 1. The molecule has 1 aliphatic rings. The Morgan fingerprint density at radius 3 is 2.52 bits per heavy atom. The van der Waals surface area contributed by atoms with Gasteiger partial charge in [-0.25, -0.2) is 4.68 Å². The van der Waals surface area contributed by atoms with Crippen LogP contribution in [0.1, 0.15) is 5.56 Å². The number of aromatic nitrogens is 3. The molecule has 0 saturated heterocycles. The summed E-state index contributed by atoms with van der Waals surface area (Å²) in [4.78, 5) is 20.2. The number of rotatable bonds is 3. The highest BCUT2D eigenvalue weighted by molar-refractivity contribution is 8.18. The lowest BCUT2D eigenvalue weighted by Gasteiger charge is -2.00. The molecule has 0 saturated carbocycles. The molecule has 2 aromatic heterocycles. The van der Waals surface area contributed by atoms with Gasteiger partial charge in [0.1, 0.15) is 5.69 Å². The van der Waals surface area contributed by atoms with E-state index in [-0.39, 0.29) is 11.1 Å². The molecule has 3 heterocycles. The number of pyridine rings is 1. The average molecular weight is 347 g/mol. The summed E-state index contributed by atoms with van der Waals surface area (Å²) in [5.41, 5.74) is 9.07. The number of carbonyl (C=O) groups is 1. The number of amidine groups is 1. The van der Waals surface area contributed by atoms with E-state index >= 15 is 0 Å². The van der Waals surface area contributed by atoms with Crippen LogP contribution in [0.3, 0.4) is 0 Å². The molecule has 3 aromatic rings. The zero-order chi connectivity index (χ0) is 17.2. The van der Waals surface area contributed by atoms with E-state index in [2.05, 4.69) is 9.98 Å². The predicted octanol–water partition coefficient (Wildman–Crippen LogP) is 2.86. The summed E-state index contributed by atoms with van der Waals surface area (Å²) in [6, 6.07) is 13.6. The largest absolute Gasteiger partial charge is 0.378 e. The third kappa shape index (κ3) is 3.09.